The molecule has 0 unspecified atom stereocenters. The molecule has 0 amide bonds. The van der Waals surface area contributed by atoms with E-state index in [2.05, 4.69) is 0 Å². The quantitative estimate of drug-likeness (QED) is 0.430. The van der Waals surface area contributed by atoms with Crippen molar-refractivity contribution in [3.8, 4) is 0 Å². The van der Waals surface area contributed by atoms with Crippen LogP contribution in [-0.2, 0) is 16.1 Å². The van der Waals surface area contributed by atoms with Crippen molar-refractivity contribution in [2.45, 2.75) is 25.7 Å². The Balaban J connectivity index is 2.40. The van der Waals surface area contributed by atoms with E-state index in [1.807, 2.05) is 0 Å². The van der Waals surface area contributed by atoms with Crippen LogP contribution in [0.4, 0.5) is 11.4 Å². The molecule has 1 aromatic heterocycles. The Morgan fingerprint density at radius 1 is 1.15 bits per heavy atom. The van der Waals surface area contributed by atoms with Gasteiger partial charge in [-0.2, -0.15) is 0 Å². The topological polar surface area (TPSA) is 155 Å². The van der Waals surface area contributed by atoms with Crippen LogP contribution in [0.1, 0.15) is 18.5 Å². The van der Waals surface area contributed by atoms with Gasteiger partial charge in [-0.3, -0.25) is 25.0 Å². The Labute approximate surface area is 151 Å². The number of aliphatic hydroxyl groups excluding tert-OH is 1. The molecule has 0 aliphatic carbocycles. The standard InChI is InChI=1S/C16H15N3O8/c1-10(20)14(16(22)27-9-11-5-3-2-4-6-11)17-7-12(18(23)24)15(21)13(8-17)19(25)26/h2-8,10,14,20H,9H2,1H3/t10-,14+/m0/s1. The molecule has 11 nitrogen and oxygen atoms in total. The number of carbonyl (C=O) groups excluding carboxylic acids is 1. The highest BCUT2D eigenvalue weighted by molar-refractivity contribution is 5.75. The van der Waals surface area contributed by atoms with Gasteiger partial charge in [-0.25, -0.2) is 4.79 Å². The summed E-state index contributed by atoms with van der Waals surface area (Å²) in [7, 11) is 0. The zero-order valence-corrected chi connectivity index (χ0v) is 14.0. The fourth-order valence-electron chi connectivity index (χ4n) is 2.37. The molecule has 27 heavy (non-hydrogen) atoms. The van der Waals surface area contributed by atoms with E-state index < -0.39 is 44.8 Å². The molecule has 0 aliphatic heterocycles. The van der Waals surface area contributed by atoms with Gasteiger partial charge in [0.05, 0.1) is 28.3 Å². The summed E-state index contributed by atoms with van der Waals surface area (Å²) in [6.07, 6.45) is -0.0810. The van der Waals surface area contributed by atoms with Gasteiger partial charge in [-0.05, 0) is 12.5 Å². The maximum absolute atomic E-state index is 12.4. The number of hydrogen-bond acceptors (Lipinski definition) is 8. The first-order valence-corrected chi connectivity index (χ1v) is 7.65. The molecule has 0 saturated carbocycles. The van der Waals surface area contributed by atoms with E-state index in [0.29, 0.717) is 18.0 Å². The second kappa shape index (κ2) is 8.19. The Hall–Kier alpha value is -3.60. The number of benzene rings is 1. The lowest BCUT2D eigenvalue weighted by Crippen LogP contribution is -2.32. The first kappa shape index (κ1) is 19.7. The lowest BCUT2D eigenvalue weighted by atomic mass is 10.1. The second-order valence-electron chi connectivity index (χ2n) is 5.60. The van der Waals surface area contributed by atoms with Gasteiger partial charge in [0.1, 0.15) is 6.61 Å². The zero-order chi connectivity index (χ0) is 20.1. The van der Waals surface area contributed by atoms with Gasteiger partial charge >= 0.3 is 22.8 Å². The monoisotopic (exact) mass is 377 g/mol. The van der Waals surface area contributed by atoms with Crippen molar-refractivity contribution in [1.82, 2.24) is 4.57 Å². The molecule has 0 spiro atoms. The summed E-state index contributed by atoms with van der Waals surface area (Å²) in [5.74, 6) is -0.971. The molecule has 11 heteroatoms. The molecule has 0 aliphatic rings. The van der Waals surface area contributed by atoms with Crippen LogP contribution < -0.4 is 5.43 Å². The summed E-state index contributed by atoms with van der Waals surface area (Å²) in [6, 6.07) is 7.09. The second-order valence-corrected chi connectivity index (χ2v) is 5.60. The highest BCUT2D eigenvalue weighted by Gasteiger charge is 2.32. The fourth-order valence-corrected chi connectivity index (χ4v) is 2.37. The number of aliphatic hydroxyl groups is 1. The lowest BCUT2D eigenvalue weighted by molar-refractivity contribution is -0.397. The highest BCUT2D eigenvalue weighted by Crippen LogP contribution is 2.20. The van der Waals surface area contributed by atoms with Crippen LogP contribution in [0.15, 0.2) is 47.5 Å². The minimum Gasteiger partial charge on any atom is -0.459 e. The van der Waals surface area contributed by atoms with Crippen LogP contribution >= 0.6 is 0 Å². The van der Waals surface area contributed by atoms with Crippen LogP contribution in [0, 0.1) is 20.2 Å². The van der Waals surface area contributed by atoms with E-state index in [1.165, 1.54) is 6.92 Å². The molecule has 2 rings (SSSR count). The van der Waals surface area contributed by atoms with Gasteiger partial charge in [-0.15, -0.1) is 0 Å². The number of aromatic nitrogens is 1. The van der Waals surface area contributed by atoms with Gasteiger partial charge in [0.15, 0.2) is 6.04 Å². The van der Waals surface area contributed by atoms with Crippen molar-refractivity contribution < 1.29 is 24.5 Å². The Morgan fingerprint density at radius 3 is 2.11 bits per heavy atom. The summed E-state index contributed by atoms with van der Waals surface area (Å²) >= 11 is 0. The molecule has 2 aromatic rings. The largest absolute Gasteiger partial charge is 0.459 e. The molecule has 1 heterocycles. The molecule has 2 atom stereocenters. The normalized spacial score (nSPS) is 12.8. The van der Waals surface area contributed by atoms with E-state index in [1.54, 1.807) is 30.3 Å². The third-order valence-corrected chi connectivity index (χ3v) is 3.64. The lowest BCUT2D eigenvalue weighted by Gasteiger charge is -2.21. The first-order chi connectivity index (χ1) is 12.7. The molecule has 0 fully saturated rings. The number of pyridine rings is 1. The van der Waals surface area contributed by atoms with Crippen LogP contribution in [-0.4, -0.2) is 31.6 Å². The van der Waals surface area contributed by atoms with Gasteiger partial charge in [-0.1, -0.05) is 30.3 Å². The van der Waals surface area contributed by atoms with Crippen LogP contribution in [0.3, 0.4) is 0 Å². The van der Waals surface area contributed by atoms with Crippen LogP contribution in [0.5, 0.6) is 0 Å². The summed E-state index contributed by atoms with van der Waals surface area (Å²) in [4.78, 5) is 44.0. The molecule has 0 bridgehead atoms. The average molecular weight is 377 g/mol. The summed E-state index contributed by atoms with van der Waals surface area (Å²) in [5, 5.41) is 31.9. The fraction of sp³-hybridized carbons (Fsp3) is 0.250. The minimum absolute atomic E-state index is 0.132. The highest BCUT2D eigenvalue weighted by atomic mass is 16.6. The predicted molar refractivity (Wildman–Crippen MR) is 91.0 cm³/mol. The van der Waals surface area contributed by atoms with Crippen molar-refractivity contribution >= 4 is 17.3 Å². The number of ether oxygens (including phenoxy) is 1. The van der Waals surface area contributed by atoms with E-state index in [9.17, 15) is 34.9 Å². The summed E-state index contributed by atoms with van der Waals surface area (Å²) in [5.41, 5.74) is -2.92. The average Bonchev–Trinajstić information content (AvgIpc) is 2.61. The minimum atomic E-state index is -1.52. The SMILES string of the molecule is C[C@H](O)[C@H](C(=O)OCc1ccccc1)n1cc([N+](=O)[O-])c(=O)c([N+](=O)[O-])c1. The molecular weight excluding hydrogens is 362 g/mol. The van der Waals surface area contributed by atoms with E-state index in [0.717, 1.165) is 4.57 Å². The molecule has 0 saturated heterocycles. The van der Waals surface area contributed by atoms with E-state index >= 15 is 0 Å². The smallest absolute Gasteiger partial charge is 0.339 e. The van der Waals surface area contributed by atoms with Gasteiger partial charge in [0.25, 0.3) is 0 Å². The Morgan fingerprint density at radius 2 is 1.67 bits per heavy atom. The number of carbonyl (C=O) groups is 1. The van der Waals surface area contributed by atoms with Crippen LogP contribution in [0.2, 0.25) is 0 Å². The molecule has 0 radical (unpaired) electrons. The maximum atomic E-state index is 12.4. The maximum Gasteiger partial charge on any atom is 0.339 e. The Kier molecular flexibility index (Phi) is 5.98. The van der Waals surface area contributed by atoms with Gasteiger partial charge < -0.3 is 14.4 Å². The number of rotatable bonds is 7. The van der Waals surface area contributed by atoms with E-state index in [4.69, 9.17) is 4.74 Å². The summed E-state index contributed by atoms with van der Waals surface area (Å²) < 4.78 is 5.84. The van der Waals surface area contributed by atoms with Gasteiger partial charge in [0.2, 0.25) is 0 Å². The number of nitrogens with zero attached hydrogens (tertiary/aromatic N) is 3. The number of nitro groups is 2. The van der Waals surface area contributed by atoms with Crippen molar-refractivity contribution in [3.63, 3.8) is 0 Å². The molecule has 142 valence electrons. The van der Waals surface area contributed by atoms with Crippen LogP contribution in [0.25, 0.3) is 0 Å². The Bertz CT molecular complexity index is 885. The number of esters is 1. The molecule has 1 N–H and O–H groups in total. The van der Waals surface area contributed by atoms with Gasteiger partial charge in [0, 0.05) is 0 Å². The van der Waals surface area contributed by atoms with E-state index in [-0.39, 0.29) is 6.61 Å². The van der Waals surface area contributed by atoms with Crippen molar-refractivity contribution in [3.05, 3.63) is 78.7 Å². The molecular formula is C16H15N3O8. The zero-order valence-electron chi connectivity index (χ0n) is 14.0. The first-order valence-electron chi connectivity index (χ1n) is 7.65. The number of hydrogen-bond donors (Lipinski definition) is 1. The summed E-state index contributed by atoms with van der Waals surface area (Å²) in [6.45, 7) is 1.08. The predicted octanol–water partition coefficient (Wildman–Crippen LogP) is 1.33. The van der Waals surface area contributed by atoms with Crippen molar-refractivity contribution in [2.24, 2.45) is 0 Å². The molecule has 1 aromatic carbocycles. The third kappa shape index (κ3) is 4.52. The van der Waals surface area contributed by atoms with Crippen molar-refractivity contribution in [1.29, 1.82) is 0 Å². The van der Waals surface area contributed by atoms with Crippen molar-refractivity contribution in [2.75, 3.05) is 0 Å². The third-order valence-electron chi connectivity index (χ3n) is 3.64.